The van der Waals surface area contributed by atoms with E-state index in [0.717, 1.165) is 25.1 Å². The number of nitrogens with one attached hydrogen (secondary N) is 2. The molecule has 4 nitrogen and oxygen atoms in total. The van der Waals surface area contributed by atoms with Gasteiger partial charge in [0.1, 0.15) is 0 Å². The van der Waals surface area contributed by atoms with Crippen LogP contribution >= 0.6 is 0 Å². The first kappa shape index (κ1) is 12.5. The monoisotopic (exact) mass is 254 g/mol. The lowest BCUT2D eigenvalue weighted by Crippen LogP contribution is -2.30. The highest BCUT2D eigenvalue weighted by molar-refractivity contribution is 7.89. The first-order chi connectivity index (χ1) is 8.09. The first-order valence-corrected chi connectivity index (χ1v) is 7.34. The molecular formula is C12H18N2O2S. The number of aryl methyl sites for hydroxylation is 1. The highest BCUT2D eigenvalue weighted by atomic mass is 32.2. The van der Waals surface area contributed by atoms with Crippen LogP contribution in [0, 0.1) is 12.8 Å². The number of hydrogen-bond donors (Lipinski definition) is 2. The Balaban J connectivity index is 2.06. The number of sulfonamides is 1. The van der Waals surface area contributed by atoms with E-state index < -0.39 is 10.0 Å². The predicted molar refractivity (Wildman–Crippen MR) is 67.3 cm³/mol. The summed E-state index contributed by atoms with van der Waals surface area (Å²) in [6, 6.07) is 7.05. The van der Waals surface area contributed by atoms with E-state index in [0.29, 0.717) is 17.4 Å². The number of benzene rings is 1. The maximum atomic E-state index is 12.1. The highest BCUT2D eigenvalue weighted by Crippen LogP contribution is 2.14. The Kier molecular flexibility index (Phi) is 3.81. The lowest BCUT2D eigenvalue weighted by molar-refractivity contribution is 0.538. The molecule has 0 amide bonds. The molecule has 1 aromatic rings. The van der Waals surface area contributed by atoms with E-state index in [1.807, 2.05) is 19.1 Å². The Bertz CT molecular complexity index is 479. The van der Waals surface area contributed by atoms with Gasteiger partial charge in [-0.2, -0.15) is 0 Å². The minimum atomic E-state index is -3.36. The van der Waals surface area contributed by atoms with Gasteiger partial charge in [0, 0.05) is 6.54 Å². The van der Waals surface area contributed by atoms with E-state index in [1.54, 1.807) is 12.1 Å². The Morgan fingerprint density at radius 1 is 1.41 bits per heavy atom. The van der Waals surface area contributed by atoms with E-state index in [1.165, 1.54) is 0 Å². The molecule has 1 aromatic carbocycles. The van der Waals surface area contributed by atoms with E-state index in [-0.39, 0.29) is 0 Å². The Morgan fingerprint density at radius 2 is 2.18 bits per heavy atom. The molecule has 17 heavy (non-hydrogen) atoms. The zero-order valence-corrected chi connectivity index (χ0v) is 10.8. The Labute approximate surface area is 102 Å². The summed E-state index contributed by atoms with van der Waals surface area (Å²) in [5.41, 5.74) is 0.782. The second-order valence-corrected chi connectivity index (χ2v) is 6.21. The molecule has 1 heterocycles. The third-order valence-electron chi connectivity index (χ3n) is 3.11. The molecule has 1 aliphatic rings. The molecule has 1 saturated heterocycles. The molecule has 0 radical (unpaired) electrons. The van der Waals surface area contributed by atoms with Gasteiger partial charge in [0.15, 0.2) is 0 Å². The highest BCUT2D eigenvalue weighted by Gasteiger charge is 2.20. The van der Waals surface area contributed by atoms with Gasteiger partial charge in [0.05, 0.1) is 4.90 Å². The Hall–Kier alpha value is -0.910. The average Bonchev–Trinajstić information content (AvgIpc) is 2.80. The van der Waals surface area contributed by atoms with E-state index in [2.05, 4.69) is 10.0 Å². The molecule has 1 aliphatic heterocycles. The van der Waals surface area contributed by atoms with Crippen LogP contribution in [0.15, 0.2) is 29.2 Å². The van der Waals surface area contributed by atoms with Gasteiger partial charge in [-0.3, -0.25) is 0 Å². The van der Waals surface area contributed by atoms with Crippen LogP contribution in [0.2, 0.25) is 0 Å². The molecule has 0 spiro atoms. The standard InChI is InChI=1S/C12H18N2O2S/c1-10-4-2-3-5-12(10)17(15,16)14-9-11-6-7-13-8-11/h2-5,11,13-14H,6-9H2,1H3. The summed E-state index contributed by atoms with van der Waals surface area (Å²) in [6.45, 7) is 4.21. The van der Waals surface area contributed by atoms with Crippen LogP contribution in [0.3, 0.4) is 0 Å². The third-order valence-corrected chi connectivity index (χ3v) is 4.69. The van der Waals surface area contributed by atoms with Gasteiger partial charge in [-0.05, 0) is 44.0 Å². The van der Waals surface area contributed by atoms with Crippen LogP contribution in [-0.4, -0.2) is 28.1 Å². The summed E-state index contributed by atoms with van der Waals surface area (Å²) >= 11 is 0. The summed E-state index contributed by atoms with van der Waals surface area (Å²) in [7, 11) is -3.36. The summed E-state index contributed by atoms with van der Waals surface area (Å²) < 4.78 is 26.8. The summed E-state index contributed by atoms with van der Waals surface area (Å²) in [4.78, 5) is 0.381. The molecule has 1 unspecified atom stereocenters. The number of rotatable bonds is 4. The van der Waals surface area contributed by atoms with Gasteiger partial charge in [-0.25, -0.2) is 13.1 Å². The van der Waals surface area contributed by atoms with Crippen LogP contribution in [0.1, 0.15) is 12.0 Å². The molecule has 0 saturated carbocycles. The molecule has 2 N–H and O–H groups in total. The lowest BCUT2D eigenvalue weighted by Gasteiger charge is -2.12. The van der Waals surface area contributed by atoms with Gasteiger partial charge in [-0.1, -0.05) is 18.2 Å². The molecule has 1 fully saturated rings. The first-order valence-electron chi connectivity index (χ1n) is 5.85. The maximum absolute atomic E-state index is 12.1. The van der Waals surface area contributed by atoms with Crippen LogP contribution in [0.5, 0.6) is 0 Å². The predicted octanol–water partition coefficient (Wildman–Crippen LogP) is 0.883. The largest absolute Gasteiger partial charge is 0.316 e. The fourth-order valence-corrected chi connectivity index (χ4v) is 3.41. The van der Waals surface area contributed by atoms with E-state index in [9.17, 15) is 8.42 Å². The molecule has 0 aromatic heterocycles. The van der Waals surface area contributed by atoms with Gasteiger partial charge in [0.25, 0.3) is 0 Å². The van der Waals surface area contributed by atoms with Crippen molar-refractivity contribution in [2.45, 2.75) is 18.2 Å². The van der Waals surface area contributed by atoms with Crippen LogP contribution < -0.4 is 10.0 Å². The molecule has 94 valence electrons. The minimum Gasteiger partial charge on any atom is -0.316 e. The van der Waals surface area contributed by atoms with E-state index in [4.69, 9.17) is 0 Å². The molecule has 0 bridgehead atoms. The number of hydrogen-bond acceptors (Lipinski definition) is 3. The SMILES string of the molecule is Cc1ccccc1S(=O)(=O)NCC1CCNC1. The van der Waals surface area contributed by atoms with E-state index >= 15 is 0 Å². The van der Waals surface area contributed by atoms with Crippen molar-refractivity contribution in [2.75, 3.05) is 19.6 Å². The second-order valence-electron chi connectivity index (χ2n) is 4.48. The summed E-state index contributed by atoms with van der Waals surface area (Å²) in [5, 5.41) is 3.22. The van der Waals surface area contributed by atoms with Gasteiger partial charge in [0.2, 0.25) is 10.0 Å². The van der Waals surface area contributed by atoms with Crippen molar-refractivity contribution in [3.8, 4) is 0 Å². The lowest BCUT2D eigenvalue weighted by atomic mass is 10.1. The van der Waals surface area contributed by atoms with Crippen molar-refractivity contribution in [2.24, 2.45) is 5.92 Å². The molecule has 5 heteroatoms. The van der Waals surface area contributed by atoms with Crippen LogP contribution in [0.4, 0.5) is 0 Å². The zero-order chi connectivity index (χ0) is 12.3. The molecule has 1 atom stereocenters. The van der Waals surface area contributed by atoms with Gasteiger partial charge in [-0.15, -0.1) is 0 Å². The summed E-state index contributed by atoms with van der Waals surface area (Å²) in [6.07, 6.45) is 1.04. The smallest absolute Gasteiger partial charge is 0.240 e. The Morgan fingerprint density at radius 3 is 2.82 bits per heavy atom. The van der Waals surface area contributed by atoms with Crippen LogP contribution in [0.25, 0.3) is 0 Å². The van der Waals surface area contributed by atoms with Crippen molar-refractivity contribution < 1.29 is 8.42 Å². The van der Waals surface area contributed by atoms with Crippen LogP contribution in [-0.2, 0) is 10.0 Å². The average molecular weight is 254 g/mol. The second kappa shape index (κ2) is 5.16. The van der Waals surface area contributed by atoms with Gasteiger partial charge < -0.3 is 5.32 Å². The van der Waals surface area contributed by atoms with Crippen molar-refractivity contribution in [3.63, 3.8) is 0 Å². The quantitative estimate of drug-likeness (QED) is 0.838. The van der Waals surface area contributed by atoms with Crippen molar-refractivity contribution in [1.29, 1.82) is 0 Å². The zero-order valence-electron chi connectivity index (χ0n) is 9.94. The molecule has 2 rings (SSSR count). The fourth-order valence-electron chi connectivity index (χ4n) is 2.05. The van der Waals surface area contributed by atoms with Crippen molar-refractivity contribution in [1.82, 2.24) is 10.0 Å². The van der Waals surface area contributed by atoms with Crippen molar-refractivity contribution in [3.05, 3.63) is 29.8 Å². The van der Waals surface area contributed by atoms with Gasteiger partial charge >= 0.3 is 0 Å². The maximum Gasteiger partial charge on any atom is 0.240 e. The third kappa shape index (κ3) is 3.06. The molecule has 0 aliphatic carbocycles. The normalized spacial score (nSPS) is 20.6. The minimum absolute atomic E-state index is 0.381. The topological polar surface area (TPSA) is 58.2 Å². The fraction of sp³-hybridized carbons (Fsp3) is 0.500. The van der Waals surface area contributed by atoms with Crippen molar-refractivity contribution >= 4 is 10.0 Å². The summed E-state index contributed by atoms with van der Waals surface area (Å²) in [5.74, 6) is 0.411. The molecular weight excluding hydrogens is 236 g/mol.